The van der Waals surface area contributed by atoms with Crippen molar-refractivity contribution >= 4 is 5.91 Å². The van der Waals surface area contributed by atoms with Crippen LogP contribution in [-0.2, 0) is 4.79 Å². The van der Waals surface area contributed by atoms with E-state index in [0.29, 0.717) is 23.7 Å². The van der Waals surface area contributed by atoms with Gasteiger partial charge in [0.15, 0.2) is 0 Å². The van der Waals surface area contributed by atoms with Crippen LogP contribution in [0.4, 0.5) is 0 Å². The molecule has 1 rings (SSSR count). The highest BCUT2D eigenvalue weighted by Gasteiger charge is 2.32. The van der Waals surface area contributed by atoms with Gasteiger partial charge in [0.2, 0.25) is 5.91 Å². The predicted molar refractivity (Wildman–Crippen MR) is 67.0 cm³/mol. The highest BCUT2D eigenvalue weighted by atomic mass is 16.2. The van der Waals surface area contributed by atoms with Gasteiger partial charge in [0.1, 0.15) is 0 Å². The SMILES string of the molecule is CC(C)CC1NCN(CC(C)C(C)C)C1=O. The Morgan fingerprint density at radius 3 is 2.44 bits per heavy atom. The summed E-state index contributed by atoms with van der Waals surface area (Å²) in [7, 11) is 0. The van der Waals surface area contributed by atoms with E-state index in [0.717, 1.165) is 19.6 Å². The van der Waals surface area contributed by atoms with Crippen LogP contribution in [0.25, 0.3) is 0 Å². The van der Waals surface area contributed by atoms with E-state index < -0.39 is 0 Å². The molecule has 0 bridgehead atoms. The molecule has 1 N–H and O–H groups in total. The Balaban J connectivity index is 2.45. The Labute approximate surface area is 99.6 Å². The fourth-order valence-corrected chi connectivity index (χ4v) is 1.97. The van der Waals surface area contributed by atoms with Crippen molar-refractivity contribution in [2.45, 2.75) is 47.1 Å². The summed E-state index contributed by atoms with van der Waals surface area (Å²) in [5.41, 5.74) is 0. The van der Waals surface area contributed by atoms with Crippen LogP contribution in [0.3, 0.4) is 0 Å². The lowest BCUT2D eigenvalue weighted by molar-refractivity contribution is -0.129. The first-order valence-electron chi connectivity index (χ1n) is 6.44. The molecule has 94 valence electrons. The summed E-state index contributed by atoms with van der Waals surface area (Å²) in [5, 5.41) is 3.31. The number of amides is 1. The molecule has 0 aromatic heterocycles. The highest BCUT2D eigenvalue weighted by Crippen LogP contribution is 2.17. The van der Waals surface area contributed by atoms with Crippen LogP contribution in [0, 0.1) is 17.8 Å². The summed E-state index contributed by atoms with van der Waals surface area (Å²) in [6.07, 6.45) is 0.950. The van der Waals surface area contributed by atoms with Gasteiger partial charge in [-0.3, -0.25) is 10.1 Å². The number of hydrogen-bond donors (Lipinski definition) is 1. The van der Waals surface area contributed by atoms with Gasteiger partial charge in [-0.1, -0.05) is 34.6 Å². The second kappa shape index (κ2) is 5.67. The van der Waals surface area contributed by atoms with Gasteiger partial charge in [0, 0.05) is 6.54 Å². The minimum Gasteiger partial charge on any atom is -0.328 e. The third-order valence-electron chi connectivity index (χ3n) is 3.49. The maximum atomic E-state index is 12.1. The normalized spacial score (nSPS) is 23.6. The first-order valence-corrected chi connectivity index (χ1v) is 6.44. The fourth-order valence-electron chi connectivity index (χ4n) is 1.97. The lowest BCUT2D eigenvalue weighted by Crippen LogP contribution is -2.35. The van der Waals surface area contributed by atoms with Crippen molar-refractivity contribution in [3.05, 3.63) is 0 Å². The van der Waals surface area contributed by atoms with Gasteiger partial charge in [-0.15, -0.1) is 0 Å². The van der Waals surface area contributed by atoms with E-state index in [1.54, 1.807) is 0 Å². The summed E-state index contributed by atoms with van der Waals surface area (Å²) >= 11 is 0. The molecule has 1 amide bonds. The number of carbonyl (C=O) groups is 1. The second-order valence-electron chi connectivity index (χ2n) is 5.83. The van der Waals surface area contributed by atoms with Crippen LogP contribution in [0.1, 0.15) is 41.0 Å². The van der Waals surface area contributed by atoms with Crippen LogP contribution in [0.5, 0.6) is 0 Å². The summed E-state index contributed by atoms with van der Waals surface area (Å²) in [4.78, 5) is 14.0. The summed E-state index contributed by atoms with van der Waals surface area (Å²) in [5.74, 6) is 2.07. The van der Waals surface area contributed by atoms with E-state index in [1.165, 1.54) is 0 Å². The first kappa shape index (κ1) is 13.5. The Morgan fingerprint density at radius 2 is 1.94 bits per heavy atom. The molecule has 2 unspecified atom stereocenters. The van der Waals surface area contributed by atoms with Gasteiger partial charge in [0.25, 0.3) is 0 Å². The zero-order chi connectivity index (χ0) is 12.3. The van der Waals surface area contributed by atoms with Crippen LogP contribution >= 0.6 is 0 Å². The molecular weight excluding hydrogens is 200 g/mol. The molecule has 1 saturated heterocycles. The number of nitrogens with one attached hydrogen (secondary N) is 1. The molecule has 0 radical (unpaired) electrons. The van der Waals surface area contributed by atoms with Crippen molar-refractivity contribution in [1.82, 2.24) is 10.2 Å². The van der Waals surface area contributed by atoms with E-state index in [2.05, 4.69) is 39.9 Å². The molecule has 3 heteroatoms. The van der Waals surface area contributed by atoms with Crippen molar-refractivity contribution in [1.29, 1.82) is 0 Å². The first-order chi connectivity index (χ1) is 7.41. The predicted octanol–water partition coefficient (Wildman–Crippen LogP) is 2.08. The van der Waals surface area contributed by atoms with Gasteiger partial charge < -0.3 is 4.90 Å². The van der Waals surface area contributed by atoms with Gasteiger partial charge in [0.05, 0.1) is 12.7 Å². The van der Waals surface area contributed by atoms with E-state index in [9.17, 15) is 4.79 Å². The molecule has 3 nitrogen and oxygen atoms in total. The second-order valence-corrected chi connectivity index (χ2v) is 5.83. The number of rotatable bonds is 5. The van der Waals surface area contributed by atoms with Gasteiger partial charge in [-0.2, -0.15) is 0 Å². The van der Waals surface area contributed by atoms with E-state index in [4.69, 9.17) is 0 Å². The minimum atomic E-state index is 0.0550. The van der Waals surface area contributed by atoms with Gasteiger partial charge in [-0.25, -0.2) is 0 Å². The fraction of sp³-hybridized carbons (Fsp3) is 0.923. The number of hydrogen-bond acceptors (Lipinski definition) is 2. The monoisotopic (exact) mass is 226 g/mol. The van der Waals surface area contributed by atoms with Crippen LogP contribution in [-0.4, -0.2) is 30.1 Å². The van der Waals surface area contributed by atoms with Crippen molar-refractivity contribution in [3.8, 4) is 0 Å². The molecule has 1 heterocycles. The Kier molecular flexibility index (Phi) is 4.78. The summed E-state index contributed by atoms with van der Waals surface area (Å²) in [6.45, 7) is 12.6. The lowest BCUT2D eigenvalue weighted by Gasteiger charge is -2.23. The molecular formula is C13H26N2O. The quantitative estimate of drug-likeness (QED) is 0.778. The van der Waals surface area contributed by atoms with Crippen LogP contribution in [0.15, 0.2) is 0 Å². The number of nitrogens with zero attached hydrogens (tertiary/aromatic N) is 1. The summed E-state index contributed by atoms with van der Waals surface area (Å²) < 4.78 is 0. The standard InChI is InChI=1S/C13H26N2O/c1-9(2)6-12-13(16)15(8-14-12)7-11(5)10(3)4/h9-12,14H,6-8H2,1-5H3. The Hall–Kier alpha value is -0.570. The van der Waals surface area contributed by atoms with Gasteiger partial charge >= 0.3 is 0 Å². The van der Waals surface area contributed by atoms with Crippen molar-refractivity contribution in [2.24, 2.45) is 17.8 Å². The minimum absolute atomic E-state index is 0.0550. The smallest absolute Gasteiger partial charge is 0.240 e. The van der Waals surface area contributed by atoms with E-state index in [-0.39, 0.29) is 6.04 Å². The lowest BCUT2D eigenvalue weighted by atomic mass is 9.97. The molecule has 1 aliphatic heterocycles. The molecule has 2 atom stereocenters. The number of carbonyl (C=O) groups excluding carboxylic acids is 1. The van der Waals surface area contributed by atoms with E-state index in [1.807, 2.05) is 4.90 Å². The maximum Gasteiger partial charge on any atom is 0.240 e. The molecule has 0 aliphatic carbocycles. The van der Waals surface area contributed by atoms with Crippen molar-refractivity contribution in [2.75, 3.05) is 13.2 Å². The molecule has 0 spiro atoms. The van der Waals surface area contributed by atoms with E-state index >= 15 is 0 Å². The molecule has 0 aromatic rings. The molecule has 0 saturated carbocycles. The van der Waals surface area contributed by atoms with Crippen LogP contribution in [0.2, 0.25) is 0 Å². The molecule has 16 heavy (non-hydrogen) atoms. The zero-order valence-corrected chi connectivity index (χ0v) is 11.3. The third kappa shape index (κ3) is 3.48. The molecule has 1 aliphatic rings. The highest BCUT2D eigenvalue weighted by molar-refractivity contribution is 5.83. The zero-order valence-electron chi connectivity index (χ0n) is 11.3. The van der Waals surface area contributed by atoms with Crippen molar-refractivity contribution in [3.63, 3.8) is 0 Å². The summed E-state index contributed by atoms with van der Waals surface area (Å²) in [6, 6.07) is 0.0550. The Morgan fingerprint density at radius 1 is 1.31 bits per heavy atom. The average Bonchev–Trinajstić information content (AvgIpc) is 2.49. The molecule has 1 fully saturated rings. The largest absolute Gasteiger partial charge is 0.328 e. The molecule has 0 aromatic carbocycles. The third-order valence-corrected chi connectivity index (χ3v) is 3.49. The maximum absolute atomic E-state index is 12.1. The topological polar surface area (TPSA) is 32.3 Å². The Bertz CT molecular complexity index is 238. The van der Waals surface area contributed by atoms with Gasteiger partial charge in [-0.05, 0) is 24.2 Å². The van der Waals surface area contributed by atoms with Crippen molar-refractivity contribution < 1.29 is 4.79 Å². The van der Waals surface area contributed by atoms with Crippen LogP contribution < -0.4 is 5.32 Å². The average molecular weight is 226 g/mol.